The monoisotopic (exact) mass is 338 g/mol. The normalized spacial score (nSPS) is 12.2. The fourth-order valence-electron chi connectivity index (χ4n) is 2.74. The molecule has 2 N–H and O–H groups in total. The van der Waals surface area contributed by atoms with E-state index >= 15 is 0 Å². The Bertz CT molecular complexity index is 977. The first-order valence-corrected chi connectivity index (χ1v) is 8.24. The second kappa shape index (κ2) is 6.51. The van der Waals surface area contributed by atoms with Crippen molar-refractivity contribution >= 4 is 22.9 Å². The highest BCUT2D eigenvalue weighted by Crippen LogP contribution is 2.24. The molecule has 1 aromatic carbocycles. The van der Waals surface area contributed by atoms with Gasteiger partial charge in [-0.1, -0.05) is 39.0 Å². The molecule has 7 heteroatoms. The SMILES string of the molecule is CCn1cc(/C=N/Nc2nc(=O)[nH]nc2C(C)(C)C)c2ccccc21. The van der Waals surface area contributed by atoms with Crippen molar-refractivity contribution in [3.05, 3.63) is 52.2 Å². The van der Waals surface area contributed by atoms with E-state index in [0.717, 1.165) is 23.0 Å². The molecule has 0 aliphatic carbocycles. The largest absolute Gasteiger partial charge is 0.363 e. The van der Waals surface area contributed by atoms with E-state index in [-0.39, 0.29) is 5.41 Å². The number of hydrogen-bond donors (Lipinski definition) is 2. The van der Waals surface area contributed by atoms with E-state index in [1.165, 1.54) is 0 Å². The Morgan fingerprint density at radius 1 is 1.32 bits per heavy atom. The summed E-state index contributed by atoms with van der Waals surface area (Å²) in [6.45, 7) is 8.99. The van der Waals surface area contributed by atoms with Crippen LogP contribution in [0.2, 0.25) is 0 Å². The predicted molar refractivity (Wildman–Crippen MR) is 100 cm³/mol. The Hall–Kier alpha value is -2.96. The van der Waals surface area contributed by atoms with Crippen molar-refractivity contribution in [1.82, 2.24) is 19.7 Å². The van der Waals surface area contributed by atoms with Crippen LogP contribution in [0.15, 0.2) is 40.4 Å². The highest BCUT2D eigenvalue weighted by molar-refractivity contribution is 5.99. The van der Waals surface area contributed by atoms with Gasteiger partial charge in [0.25, 0.3) is 0 Å². The van der Waals surface area contributed by atoms with Gasteiger partial charge in [0.1, 0.15) is 5.69 Å². The molecule has 130 valence electrons. The molecule has 0 amide bonds. The van der Waals surface area contributed by atoms with Gasteiger partial charge in [-0.3, -0.25) is 5.43 Å². The van der Waals surface area contributed by atoms with Gasteiger partial charge in [-0.25, -0.2) is 9.89 Å². The van der Waals surface area contributed by atoms with Crippen molar-refractivity contribution in [3.8, 4) is 0 Å². The topological polar surface area (TPSA) is 88.0 Å². The number of anilines is 1. The molecule has 0 saturated heterocycles. The molecule has 3 rings (SSSR count). The highest BCUT2D eigenvalue weighted by atomic mass is 16.1. The van der Waals surface area contributed by atoms with Crippen molar-refractivity contribution < 1.29 is 0 Å². The van der Waals surface area contributed by atoms with Crippen LogP contribution in [0.3, 0.4) is 0 Å². The van der Waals surface area contributed by atoms with Crippen LogP contribution < -0.4 is 11.1 Å². The third-order valence-corrected chi connectivity index (χ3v) is 3.95. The summed E-state index contributed by atoms with van der Waals surface area (Å²) >= 11 is 0. The van der Waals surface area contributed by atoms with Crippen LogP contribution in [-0.2, 0) is 12.0 Å². The quantitative estimate of drug-likeness (QED) is 0.565. The molecule has 0 aliphatic heterocycles. The van der Waals surface area contributed by atoms with Gasteiger partial charge < -0.3 is 4.57 Å². The fraction of sp³-hybridized carbons (Fsp3) is 0.333. The number of hydrazone groups is 1. The average Bonchev–Trinajstić information content (AvgIpc) is 2.92. The first-order valence-electron chi connectivity index (χ1n) is 8.24. The lowest BCUT2D eigenvalue weighted by atomic mass is 9.92. The van der Waals surface area contributed by atoms with Crippen LogP contribution >= 0.6 is 0 Å². The van der Waals surface area contributed by atoms with E-state index in [1.807, 2.05) is 32.9 Å². The number of fused-ring (bicyclic) bond motifs is 1. The summed E-state index contributed by atoms with van der Waals surface area (Å²) in [6.07, 6.45) is 3.80. The number of nitrogens with zero attached hydrogens (tertiary/aromatic N) is 4. The maximum absolute atomic E-state index is 11.5. The number of aromatic nitrogens is 4. The second-order valence-electron chi connectivity index (χ2n) is 6.85. The number of H-pyrrole nitrogens is 1. The summed E-state index contributed by atoms with van der Waals surface area (Å²) in [6, 6.07) is 8.18. The number of aryl methyl sites for hydroxylation is 1. The Morgan fingerprint density at radius 3 is 2.80 bits per heavy atom. The zero-order valence-electron chi connectivity index (χ0n) is 14.9. The molecule has 0 spiro atoms. The number of hydrogen-bond acceptors (Lipinski definition) is 5. The van der Waals surface area contributed by atoms with E-state index in [4.69, 9.17) is 0 Å². The van der Waals surface area contributed by atoms with Crippen LogP contribution in [0.1, 0.15) is 39.0 Å². The van der Waals surface area contributed by atoms with Gasteiger partial charge in [-0.05, 0) is 13.0 Å². The van der Waals surface area contributed by atoms with Crippen molar-refractivity contribution in [2.45, 2.75) is 39.7 Å². The molecule has 2 heterocycles. The third-order valence-electron chi connectivity index (χ3n) is 3.95. The van der Waals surface area contributed by atoms with Crippen molar-refractivity contribution in [2.24, 2.45) is 5.10 Å². The predicted octanol–water partition coefficient (Wildman–Crippen LogP) is 2.88. The maximum atomic E-state index is 11.5. The molecule has 25 heavy (non-hydrogen) atoms. The van der Waals surface area contributed by atoms with Crippen LogP contribution in [0, 0.1) is 0 Å². The molecule has 0 aliphatic rings. The molecule has 0 saturated carbocycles. The molecule has 0 fully saturated rings. The minimum atomic E-state index is -0.506. The molecule has 3 aromatic rings. The number of aromatic amines is 1. The second-order valence-corrected chi connectivity index (χ2v) is 6.85. The molecule has 0 atom stereocenters. The Morgan fingerprint density at radius 2 is 2.08 bits per heavy atom. The number of para-hydroxylation sites is 1. The zero-order valence-corrected chi connectivity index (χ0v) is 14.9. The van der Waals surface area contributed by atoms with Crippen molar-refractivity contribution in [2.75, 3.05) is 5.43 Å². The summed E-state index contributed by atoms with van der Waals surface area (Å²) in [5.41, 5.74) is 4.91. The molecular formula is C18H22N6O. The van der Waals surface area contributed by atoms with E-state index in [9.17, 15) is 4.79 Å². The third kappa shape index (κ3) is 3.45. The van der Waals surface area contributed by atoms with Gasteiger partial charge in [0, 0.05) is 34.6 Å². The summed E-state index contributed by atoms with van der Waals surface area (Å²) in [5, 5.41) is 11.9. The van der Waals surface area contributed by atoms with Crippen LogP contribution in [0.4, 0.5) is 5.82 Å². The summed E-state index contributed by atoms with van der Waals surface area (Å²) in [5.74, 6) is 0.367. The van der Waals surface area contributed by atoms with Gasteiger partial charge in [0.05, 0.1) is 6.21 Å². The van der Waals surface area contributed by atoms with Gasteiger partial charge in [-0.15, -0.1) is 0 Å². The van der Waals surface area contributed by atoms with Gasteiger partial charge in [-0.2, -0.15) is 15.2 Å². The number of nitrogens with one attached hydrogen (secondary N) is 2. The highest BCUT2D eigenvalue weighted by Gasteiger charge is 2.21. The smallest absolute Gasteiger partial charge is 0.347 e. The van der Waals surface area contributed by atoms with Gasteiger partial charge in [0.2, 0.25) is 0 Å². The zero-order chi connectivity index (χ0) is 18.0. The fourth-order valence-corrected chi connectivity index (χ4v) is 2.74. The lowest BCUT2D eigenvalue weighted by molar-refractivity contribution is 0.553. The first kappa shape index (κ1) is 16.9. The minimum absolute atomic E-state index is 0.271. The Kier molecular flexibility index (Phi) is 4.39. The molecule has 0 radical (unpaired) electrons. The summed E-state index contributed by atoms with van der Waals surface area (Å²) < 4.78 is 2.17. The number of benzene rings is 1. The molecule has 2 aromatic heterocycles. The standard InChI is InChI=1S/C18H22N6O/c1-5-24-11-12(13-8-6-7-9-14(13)24)10-19-22-16-15(18(2,3)4)21-23-17(25)20-16/h6-11H,5H2,1-4H3,(H2,20,22,23,25)/b19-10+. The Labute approximate surface area is 145 Å². The van der Waals surface area contributed by atoms with E-state index in [2.05, 4.69) is 55.5 Å². The lowest BCUT2D eigenvalue weighted by Gasteiger charge is -2.18. The maximum Gasteiger partial charge on any atom is 0.363 e. The van der Waals surface area contributed by atoms with E-state index in [0.29, 0.717) is 11.5 Å². The first-order chi connectivity index (χ1) is 11.9. The molecule has 0 bridgehead atoms. The van der Waals surface area contributed by atoms with Crippen LogP contribution in [0.5, 0.6) is 0 Å². The minimum Gasteiger partial charge on any atom is -0.347 e. The summed E-state index contributed by atoms with van der Waals surface area (Å²) in [4.78, 5) is 15.4. The van der Waals surface area contributed by atoms with Gasteiger partial charge in [0.15, 0.2) is 5.82 Å². The average molecular weight is 338 g/mol. The van der Waals surface area contributed by atoms with Crippen molar-refractivity contribution in [1.29, 1.82) is 0 Å². The van der Waals surface area contributed by atoms with Crippen LogP contribution in [-0.4, -0.2) is 26.0 Å². The number of rotatable bonds is 4. The van der Waals surface area contributed by atoms with Crippen molar-refractivity contribution in [3.63, 3.8) is 0 Å². The molecular weight excluding hydrogens is 316 g/mol. The van der Waals surface area contributed by atoms with E-state index in [1.54, 1.807) is 6.21 Å². The lowest BCUT2D eigenvalue weighted by Crippen LogP contribution is -2.24. The Balaban J connectivity index is 1.93. The van der Waals surface area contributed by atoms with Crippen LogP contribution in [0.25, 0.3) is 10.9 Å². The molecule has 0 unspecified atom stereocenters. The summed E-state index contributed by atoms with van der Waals surface area (Å²) in [7, 11) is 0. The van der Waals surface area contributed by atoms with Gasteiger partial charge >= 0.3 is 5.69 Å². The van der Waals surface area contributed by atoms with E-state index < -0.39 is 5.69 Å². The molecule has 7 nitrogen and oxygen atoms in total.